The van der Waals surface area contributed by atoms with Crippen LogP contribution in [0.3, 0.4) is 0 Å². The van der Waals surface area contributed by atoms with E-state index in [0.717, 1.165) is 29.9 Å². The summed E-state index contributed by atoms with van der Waals surface area (Å²) in [6.45, 7) is 4.96. The molecule has 0 bridgehead atoms. The van der Waals surface area contributed by atoms with Crippen molar-refractivity contribution in [2.75, 3.05) is 24.1 Å². The Morgan fingerprint density at radius 1 is 1.44 bits per heavy atom. The SMILES string of the molecule is CCCNC(=O)CNc1cccc(N)c1C. The van der Waals surface area contributed by atoms with Crippen molar-refractivity contribution < 1.29 is 4.79 Å². The molecule has 0 aliphatic heterocycles. The van der Waals surface area contributed by atoms with Crippen LogP contribution in [0.5, 0.6) is 0 Å². The summed E-state index contributed by atoms with van der Waals surface area (Å²) in [5.74, 6) is 0.00340. The zero-order chi connectivity index (χ0) is 12.0. The van der Waals surface area contributed by atoms with Crippen molar-refractivity contribution >= 4 is 17.3 Å². The molecule has 0 atom stereocenters. The summed E-state index contributed by atoms with van der Waals surface area (Å²) < 4.78 is 0. The molecule has 1 amide bonds. The van der Waals surface area contributed by atoms with E-state index < -0.39 is 0 Å². The van der Waals surface area contributed by atoms with Gasteiger partial charge in [-0.3, -0.25) is 4.79 Å². The van der Waals surface area contributed by atoms with Gasteiger partial charge in [-0.05, 0) is 31.0 Å². The average Bonchev–Trinajstić information content (AvgIpc) is 2.28. The maximum absolute atomic E-state index is 11.4. The summed E-state index contributed by atoms with van der Waals surface area (Å²) in [5.41, 5.74) is 8.39. The summed E-state index contributed by atoms with van der Waals surface area (Å²) in [7, 11) is 0. The first kappa shape index (κ1) is 12.4. The molecule has 4 nitrogen and oxygen atoms in total. The minimum Gasteiger partial charge on any atom is -0.398 e. The lowest BCUT2D eigenvalue weighted by molar-refractivity contribution is -0.119. The van der Waals surface area contributed by atoms with Gasteiger partial charge in [0.25, 0.3) is 0 Å². The first-order valence-electron chi connectivity index (χ1n) is 5.50. The maximum atomic E-state index is 11.4. The van der Waals surface area contributed by atoms with Crippen molar-refractivity contribution in [2.45, 2.75) is 20.3 Å². The zero-order valence-corrected chi connectivity index (χ0v) is 9.84. The van der Waals surface area contributed by atoms with Crippen molar-refractivity contribution in [3.8, 4) is 0 Å². The number of carbonyl (C=O) groups is 1. The highest BCUT2D eigenvalue weighted by molar-refractivity contribution is 5.81. The molecule has 0 radical (unpaired) electrons. The Hall–Kier alpha value is -1.71. The van der Waals surface area contributed by atoms with Crippen molar-refractivity contribution in [1.29, 1.82) is 0 Å². The monoisotopic (exact) mass is 221 g/mol. The molecule has 0 spiro atoms. The summed E-state index contributed by atoms with van der Waals surface area (Å²) in [5, 5.41) is 5.87. The molecular weight excluding hydrogens is 202 g/mol. The molecule has 16 heavy (non-hydrogen) atoms. The van der Waals surface area contributed by atoms with Crippen molar-refractivity contribution in [3.05, 3.63) is 23.8 Å². The summed E-state index contributed by atoms with van der Waals surface area (Å²) in [6.07, 6.45) is 0.947. The van der Waals surface area contributed by atoms with Gasteiger partial charge in [-0.2, -0.15) is 0 Å². The Kier molecular flexibility index (Phi) is 4.64. The second kappa shape index (κ2) is 6.00. The number of nitrogens with one attached hydrogen (secondary N) is 2. The smallest absolute Gasteiger partial charge is 0.239 e. The predicted molar refractivity (Wildman–Crippen MR) is 67.4 cm³/mol. The third-order valence-corrected chi connectivity index (χ3v) is 2.39. The maximum Gasteiger partial charge on any atom is 0.239 e. The second-order valence-corrected chi connectivity index (χ2v) is 3.72. The minimum atomic E-state index is 0.00340. The van der Waals surface area contributed by atoms with Gasteiger partial charge in [-0.15, -0.1) is 0 Å². The fraction of sp³-hybridized carbons (Fsp3) is 0.417. The quantitative estimate of drug-likeness (QED) is 0.660. The molecule has 1 aromatic rings. The molecular formula is C12H19N3O. The Bertz CT molecular complexity index is 363. The van der Waals surface area contributed by atoms with Crippen molar-refractivity contribution in [3.63, 3.8) is 0 Å². The van der Waals surface area contributed by atoms with Crippen LogP contribution >= 0.6 is 0 Å². The van der Waals surface area contributed by atoms with Gasteiger partial charge in [0.2, 0.25) is 5.91 Å². The van der Waals surface area contributed by atoms with Gasteiger partial charge in [0.05, 0.1) is 6.54 Å². The van der Waals surface area contributed by atoms with Crippen LogP contribution in [-0.4, -0.2) is 19.0 Å². The molecule has 0 aliphatic rings. The number of amides is 1. The largest absolute Gasteiger partial charge is 0.398 e. The predicted octanol–water partition coefficient (Wildman–Crippen LogP) is 1.52. The van der Waals surface area contributed by atoms with Gasteiger partial charge >= 0.3 is 0 Å². The lowest BCUT2D eigenvalue weighted by Crippen LogP contribution is -2.30. The van der Waals surface area contributed by atoms with Gasteiger partial charge in [0.1, 0.15) is 0 Å². The van der Waals surface area contributed by atoms with E-state index in [4.69, 9.17) is 5.73 Å². The third-order valence-electron chi connectivity index (χ3n) is 2.39. The highest BCUT2D eigenvalue weighted by atomic mass is 16.1. The van der Waals surface area contributed by atoms with Crippen molar-refractivity contribution in [1.82, 2.24) is 5.32 Å². The fourth-order valence-corrected chi connectivity index (χ4v) is 1.35. The van der Waals surface area contributed by atoms with E-state index in [0.29, 0.717) is 0 Å². The topological polar surface area (TPSA) is 67.2 Å². The van der Waals surface area contributed by atoms with E-state index in [1.165, 1.54) is 0 Å². The van der Waals surface area contributed by atoms with Crippen molar-refractivity contribution in [2.24, 2.45) is 0 Å². The number of hydrogen-bond donors (Lipinski definition) is 3. The fourth-order valence-electron chi connectivity index (χ4n) is 1.35. The van der Waals surface area contributed by atoms with E-state index in [2.05, 4.69) is 10.6 Å². The van der Waals surface area contributed by atoms with Crippen LogP contribution in [0.4, 0.5) is 11.4 Å². The molecule has 0 aromatic heterocycles. The van der Waals surface area contributed by atoms with Crippen LogP contribution < -0.4 is 16.4 Å². The molecule has 0 heterocycles. The van der Waals surface area contributed by atoms with E-state index >= 15 is 0 Å². The van der Waals surface area contributed by atoms with Crippen LogP contribution in [0.15, 0.2) is 18.2 Å². The first-order chi connectivity index (χ1) is 7.65. The van der Waals surface area contributed by atoms with E-state index in [1.807, 2.05) is 32.0 Å². The Labute approximate surface area is 96.2 Å². The van der Waals surface area contributed by atoms with Crippen LogP contribution in [-0.2, 0) is 4.79 Å². The number of rotatable bonds is 5. The van der Waals surface area contributed by atoms with Gasteiger partial charge in [0, 0.05) is 17.9 Å². The summed E-state index contributed by atoms with van der Waals surface area (Å²) in [6, 6.07) is 5.63. The molecule has 0 fully saturated rings. The number of anilines is 2. The van der Waals surface area contributed by atoms with E-state index in [9.17, 15) is 4.79 Å². The Morgan fingerprint density at radius 3 is 2.88 bits per heavy atom. The lowest BCUT2D eigenvalue weighted by atomic mass is 10.1. The second-order valence-electron chi connectivity index (χ2n) is 3.72. The van der Waals surface area contributed by atoms with Gasteiger partial charge in [0.15, 0.2) is 0 Å². The Balaban J connectivity index is 2.48. The number of nitrogen functional groups attached to an aromatic ring is 1. The molecule has 0 saturated carbocycles. The third kappa shape index (κ3) is 3.46. The van der Waals surface area contributed by atoms with Gasteiger partial charge < -0.3 is 16.4 Å². The first-order valence-corrected chi connectivity index (χ1v) is 5.50. The molecule has 4 heteroatoms. The number of nitrogens with two attached hydrogens (primary N) is 1. The Morgan fingerprint density at radius 2 is 2.19 bits per heavy atom. The average molecular weight is 221 g/mol. The molecule has 0 aliphatic carbocycles. The highest BCUT2D eigenvalue weighted by Gasteiger charge is 2.03. The molecule has 4 N–H and O–H groups in total. The number of benzene rings is 1. The van der Waals surface area contributed by atoms with Crippen LogP contribution in [0.1, 0.15) is 18.9 Å². The molecule has 88 valence electrons. The standard InChI is InChI=1S/C12H19N3O/c1-3-7-14-12(16)8-15-11-6-4-5-10(13)9(11)2/h4-6,15H,3,7-8,13H2,1-2H3,(H,14,16). The van der Waals surface area contributed by atoms with Gasteiger partial charge in [-0.1, -0.05) is 13.0 Å². The molecule has 0 unspecified atom stereocenters. The minimum absolute atomic E-state index is 0.00340. The van der Waals surface area contributed by atoms with Gasteiger partial charge in [-0.25, -0.2) is 0 Å². The highest BCUT2D eigenvalue weighted by Crippen LogP contribution is 2.19. The van der Waals surface area contributed by atoms with Crippen LogP contribution in [0.2, 0.25) is 0 Å². The zero-order valence-electron chi connectivity index (χ0n) is 9.84. The van der Waals surface area contributed by atoms with Crippen LogP contribution in [0, 0.1) is 6.92 Å². The number of hydrogen-bond acceptors (Lipinski definition) is 3. The van der Waals surface area contributed by atoms with Crippen LogP contribution in [0.25, 0.3) is 0 Å². The van der Waals surface area contributed by atoms with E-state index in [-0.39, 0.29) is 12.5 Å². The number of carbonyl (C=O) groups excluding carboxylic acids is 1. The van der Waals surface area contributed by atoms with E-state index in [1.54, 1.807) is 0 Å². The molecule has 1 aromatic carbocycles. The normalized spacial score (nSPS) is 9.88. The molecule has 1 rings (SSSR count). The summed E-state index contributed by atoms with van der Waals surface area (Å²) >= 11 is 0. The lowest BCUT2D eigenvalue weighted by Gasteiger charge is -2.11. The molecule has 0 saturated heterocycles. The summed E-state index contributed by atoms with van der Waals surface area (Å²) in [4.78, 5) is 11.4.